The van der Waals surface area contributed by atoms with E-state index in [9.17, 15) is 0 Å². The van der Waals surface area contributed by atoms with E-state index in [4.69, 9.17) is 5.73 Å². The topological polar surface area (TPSA) is 48.2 Å². The van der Waals surface area contributed by atoms with Gasteiger partial charge in [0.2, 0.25) is 0 Å². The number of aromatic nitrogens is 3. The molecule has 0 aliphatic rings. The van der Waals surface area contributed by atoms with Crippen LogP contribution in [-0.2, 0) is 13.1 Å². The van der Waals surface area contributed by atoms with Crippen LogP contribution < -0.4 is 5.73 Å². The molecule has 0 aliphatic carbocycles. The summed E-state index contributed by atoms with van der Waals surface area (Å²) in [4.78, 5) is 5.67. The Bertz CT molecular complexity index is 855. The maximum absolute atomic E-state index is 5.73. The van der Waals surface area contributed by atoms with Crippen LogP contribution in [0.2, 0.25) is 0 Å². The van der Waals surface area contributed by atoms with Crippen LogP contribution >= 0.6 is 11.3 Å². The van der Waals surface area contributed by atoms with Gasteiger partial charge in [-0.1, -0.05) is 12.1 Å². The first-order valence-corrected chi connectivity index (χ1v) is 7.40. The van der Waals surface area contributed by atoms with Gasteiger partial charge in [0, 0.05) is 36.0 Å². The van der Waals surface area contributed by atoms with Crippen LogP contribution in [0.1, 0.15) is 11.3 Å². The fourth-order valence-electron chi connectivity index (χ4n) is 2.52. The molecule has 2 N–H and O–H groups in total. The molecule has 100 valence electrons. The highest BCUT2D eigenvalue weighted by molar-refractivity contribution is 7.15. The molecule has 0 unspecified atom stereocenters. The first-order valence-electron chi connectivity index (χ1n) is 6.52. The maximum Gasteiger partial charge on any atom is 0.193 e. The summed E-state index contributed by atoms with van der Waals surface area (Å²) in [5.74, 6) is 0. The smallest absolute Gasteiger partial charge is 0.193 e. The van der Waals surface area contributed by atoms with Crippen molar-refractivity contribution in [2.45, 2.75) is 13.1 Å². The van der Waals surface area contributed by atoms with Gasteiger partial charge in [-0.3, -0.25) is 4.40 Å². The zero-order valence-electron chi connectivity index (χ0n) is 10.9. The molecule has 0 spiro atoms. The molecule has 0 radical (unpaired) electrons. The van der Waals surface area contributed by atoms with Crippen molar-refractivity contribution in [3.63, 3.8) is 0 Å². The highest BCUT2D eigenvalue weighted by Gasteiger charge is 2.06. The zero-order valence-corrected chi connectivity index (χ0v) is 11.7. The summed E-state index contributed by atoms with van der Waals surface area (Å²) in [5.41, 5.74) is 9.17. The molecular weight excluding hydrogens is 268 g/mol. The SMILES string of the molecule is NCc1ccc2ccn(Cc3cn4ccsc4n3)c2c1. The van der Waals surface area contributed by atoms with Crippen LogP contribution in [-0.4, -0.2) is 14.0 Å². The van der Waals surface area contributed by atoms with Crippen molar-refractivity contribution < 1.29 is 0 Å². The van der Waals surface area contributed by atoms with E-state index in [-0.39, 0.29) is 0 Å². The van der Waals surface area contributed by atoms with Crippen molar-refractivity contribution in [2.75, 3.05) is 0 Å². The number of rotatable bonds is 3. The van der Waals surface area contributed by atoms with Crippen molar-refractivity contribution in [1.82, 2.24) is 14.0 Å². The third kappa shape index (κ3) is 1.83. The molecule has 4 nitrogen and oxygen atoms in total. The predicted octanol–water partition coefficient (Wildman–Crippen LogP) is 2.86. The molecule has 0 aliphatic heterocycles. The Labute approximate surface area is 120 Å². The summed E-state index contributed by atoms with van der Waals surface area (Å²) in [5, 5.41) is 3.29. The highest BCUT2D eigenvalue weighted by atomic mass is 32.1. The minimum Gasteiger partial charge on any atom is -0.341 e. The average molecular weight is 282 g/mol. The summed E-state index contributed by atoms with van der Waals surface area (Å²) in [7, 11) is 0. The molecule has 0 atom stereocenters. The van der Waals surface area contributed by atoms with Gasteiger partial charge in [0.1, 0.15) is 0 Å². The van der Waals surface area contributed by atoms with Crippen LogP contribution in [0.4, 0.5) is 0 Å². The van der Waals surface area contributed by atoms with Crippen molar-refractivity contribution in [1.29, 1.82) is 0 Å². The lowest BCUT2D eigenvalue weighted by Gasteiger charge is -2.04. The molecule has 3 aromatic heterocycles. The molecule has 0 amide bonds. The average Bonchev–Trinajstić information content (AvgIpc) is 3.13. The fraction of sp³-hybridized carbons (Fsp3) is 0.133. The summed E-state index contributed by atoms with van der Waals surface area (Å²) in [6.07, 6.45) is 6.24. The van der Waals surface area contributed by atoms with E-state index in [1.165, 1.54) is 10.9 Å². The van der Waals surface area contributed by atoms with Crippen LogP contribution in [0.3, 0.4) is 0 Å². The van der Waals surface area contributed by atoms with Crippen molar-refractivity contribution >= 4 is 27.2 Å². The molecule has 0 fully saturated rings. The summed E-state index contributed by atoms with van der Waals surface area (Å²) in [6, 6.07) is 8.50. The first kappa shape index (κ1) is 11.7. The van der Waals surface area contributed by atoms with Crippen LogP contribution in [0.5, 0.6) is 0 Å². The Kier molecular flexibility index (Phi) is 2.61. The number of hydrogen-bond acceptors (Lipinski definition) is 3. The van der Waals surface area contributed by atoms with Gasteiger partial charge in [-0.2, -0.15) is 0 Å². The number of fused-ring (bicyclic) bond motifs is 2. The Morgan fingerprint density at radius 3 is 3.00 bits per heavy atom. The van der Waals surface area contributed by atoms with Crippen molar-refractivity contribution in [3.05, 3.63) is 59.5 Å². The largest absolute Gasteiger partial charge is 0.341 e. The van der Waals surface area contributed by atoms with Crippen molar-refractivity contribution in [3.8, 4) is 0 Å². The van der Waals surface area contributed by atoms with Gasteiger partial charge < -0.3 is 10.3 Å². The van der Waals surface area contributed by atoms with E-state index in [0.29, 0.717) is 6.54 Å². The second kappa shape index (κ2) is 4.47. The molecule has 4 aromatic rings. The lowest BCUT2D eigenvalue weighted by Crippen LogP contribution is -2.00. The van der Waals surface area contributed by atoms with E-state index in [1.807, 2.05) is 11.6 Å². The standard InChI is InChI=1S/C15H14N4S/c16-8-11-1-2-12-3-4-18(14(12)7-11)9-13-10-19-5-6-20-15(19)17-13/h1-7,10H,8-9,16H2. The van der Waals surface area contributed by atoms with E-state index in [1.54, 1.807) is 11.3 Å². The van der Waals surface area contributed by atoms with Gasteiger partial charge in [-0.25, -0.2) is 4.98 Å². The molecule has 4 rings (SSSR count). The second-order valence-corrected chi connectivity index (χ2v) is 5.74. The van der Waals surface area contributed by atoms with Gasteiger partial charge in [-0.05, 0) is 23.1 Å². The third-order valence-electron chi connectivity index (χ3n) is 3.55. The lowest BCUT2D eigenvalue weighted by atomic mass is 10.1. The second-order valence-electron chi connectivity index (χ2n) is 4.87. The predicted molar refractivity (Wildman–Crippen MR) is 82.0 cm³/mol. The Morgan fingerprint density at radius 1 is 1.20 bits per heavy atom. The Balaban J connectivity index is 1.75. The van der Waals surface area contributed by atoms with Crippen LogP contribution in [0.15, 0.2) is 48.2 Å². The van der Waals surface area contributed by atoms with Gasteiger partial charge in [-0.15, -0.1) is 11.3 Å². The van der Waals surface area contributed by atoms with E-state index < -0.39 is 0 Å². The molecule has 5 heteroatoms. The number of imidazole rings is 1. The van der Waals surface area contributed by atoms with E-state index >= 15 is 0 Å². The number of hydrogen-bond donors (Lipinski definition) is 1. The minimum absolute atomic E-state index is 0.571. The van der Waals surface area contributed by atoms with Gasteiger partial charge in [0.25, 0.3) is 0 Å². The van der Waals surface area contributed by atoms with E-state index in [2.05, 4.69) is 50.6 Å². The fourth-order valence-corrected chi connectivity index (χ4v) is 3.24. The molecule has 0 bridgehead atoms. The quantitative estimate of drug-likeness (QED) is 0.628. The van der Waals surface area contributed by atoms with Gasteiger partial charge in [0.05, 0.1) is 12.2 Å². The van der Waals surface area contributed by atoms with Gasteiger partial charge >= 0.3 is 0 Å². The molecule has 3 heterocycles. The van der Waals surface area contributed by atoms with E-state index in [0.717, 1.165) is 22.8 Å². The van der Waals surface area contributed by atoms with Crippen LogP contribution in [0, 0.1) is 0 Å². The molecular formula is C15H14N4S. The summed E-state index contributed by atoms with van der Waals surface area (Å²) < 4.78 is 4.29. The zero-order chi connectivity index (χ0) is 13.5. The summed E-state index contributed by atoms with van der Waals surface area (Å²) >= 11 is 1.66. The first-order chi connectivity index (χ1) is 9.83. The monoisotopic (exact) mass is 282 g/mol. The Hall–Kier alpha value is -2.11. The molecule has 20 heavy (non-hydrogen) atoms. The Morgan fingerprint density at radius 2 is 2.15 bits per heavy atom. The van der Waals surface area contributed by atoms with Crippen molar-refractivity contribution in [2.24, 2.45) is 5.73 Å². The third-order valence-corrected chi connectivity index (χ3v) is 4.32. The minimum atomic E-state index is 0.571. The molecule has 0 saturated carbocycles. The number of benzene rings is 1. The number of nitrogens with zero attached hydrogens (tertiary/aromatic N) is 3. The normalized spacial score (nSPS) is 11.7. The van der Waals surface area contributed by atoms with Crippen LogP contribution in [0.25, 0.3) is 15.9 Å². The lowest BCUT2D eigenvalue weighted by molar-refractivity contribution is 0.814. The maximum atomic E-state index is 5.73. The number of nitrogens with two attached hydrogens (primary N) is 1. The highest BCUT2D eigenvalue weighted by Crippen LogP contribution is 2.19. The summed E-state index contributed by atoms with van der Waals surface area (Å²) in [6.45, 7) is 1.35. The molecule has 0 saturated heterocycles. The molecule has 1 aromatic carbocycles. The number of thiazole rings is 1. The van der Waals surface area contributed by atoms with Gasteiger partial charge in [0.15, 0.2) is 4.96 Å².